The zero-order chi connectivity index (χ0) is 27.6. The van der Waals surface area contributed by atoms with Gasteiger partial charge >= 0.3 is 0 Å². The van der Waals surface area contributed by atoms with Crippen molar-refractivity contribution >= 4 is 33.3 Å². The first-order valence-corrected chi connectivity index (χ1v) is 14.1. The summed E-state index contributed by atoms with van der Waals surface area (Å²) in [5.41, 5.74) is 2.68. The molecule has 5 aromatic rings. The SMILES string of the molecule is CN1CCC(c2ccc(-c3cc4c(=O)n(C(C(=O)Nc5nccs5)c5ccccc5)cnc4cc3F)cc2)CC1. The molecule has 0 saturated carbocycles. The monoisotopic (exact) mass is 553 g/mol. The molecule has 1 saturated heterocycles. The molecule has 0 spiro atoms. The Kier molecular flexibility index (Phi) is 7.23. The number of rotatable bonds is 6. The van der Waals surface area contributed by atoms with Crippen molar-refractivity contribution in [2.45, 2.75) is 24.8 Å². The van der Waals surface area contributed by atoms with Gasteiger partial charge in [-0.1, -0.05) is 54.6 Å². The van der Waals surface area contributed by atoms with Gasteiger partial charge < -0.3 is 4.90 Å². The lowest BCUT2D eigenvalue weighted by Gasteiger charge is -2.29. The molecule has 1 aliphatic rings. The van der Waals surface area contributed by atoms with Crippen LogP contribution in [-0.4, -0.2) is 45.5 Å². The van der Waals surface area contributed by atoms with Gasteiger partial charge in [0.25, 0.3) is 11.5 Å². The van der Waals surface area contributed by atoms with Crippen molar-refractivity contribution in [3.8, 4) is 11.1 Å². The van der Waals surface area contributed by atoms with Gasteiger partial charge in [-0.15, -0.1) is 11.3 Å². The van der Waals surface area contributed by atoms with Crippen molar-refractivity contribution < 1.29 is 9.18 Å². The van der Waals surface area contributed by atoms with Crippen molar-refractivity contribution in [1.82, 2.24) is 19.4 Å². The molecular weight excluding hydrogens is 525 g/mol. The molecule has 1 aliphatic heterocycles. The molecule has 6 rings (SSSR count). The summed E-state index contributed by atoms with van der Waals surface area (Å²) < 4.78 is 16.6. The van der Waals surface area contributed by atoms with Gasteiger partial charge in [0.05, 0.1) is 17.2 Å². The zero-order valence-corrected chi connectivity index (χ0v) is 22.8. The lowest BCUT2D eigenvalue weighted by atomic mass is 9.88. The van der Waals surface area contributed by atoms with Crippen LogP contribution in [0.2, 0.25) is 0 Å². The van der Waals surface area contributed by atoms with Crippen LogP contribution in [0, 0.1) is 5.82 Å². The smallest absolute Gasteiger partial charge is 0.262 e. The summed E-state index contributed by atoms with van der Waals surface area (Å²) in [6.45, 7) is 2.13. The average Bonchev–Trinajstić information content (AvgIpc) is 3.48. The van der Waals surface area contributed by atoms with Gasteiger partial charge in [-0.2, -0.15) is 0 Å². The third kappa shape index (κ3) is 5.17. The number of piperidine rings is 1. The first kappa shape index (κ1) is 26.0. The lowest BCUT2D eigenvalue weighted by Crippen LogP contribution is -2.34. The third-order valence-corrected chi connectivity index (χ3v) is 8.28. The number of hydrogen-bond acceptors (Lipinski definition) is 6. The maximum Gasteiger partial charge on any atom is 0.262 e. The fraction of sp³-hybridized carbons (Fsp3) is 0.226. The fourth-order valence-electron chi connectivity index (χ4n) is 5.37. The van der Waals surface area contributed by atoms with Gasteiger partial charge in [-0.05, 0) is 61.7 Å². The number of likely N-dealkylation sites (tertiary alicyclic amines) is 1. The molecule has 40 heavy (non-hydrogen) atoms. The Labute approximate surface area is 235 Å². The topological polar surface area (TPSA) is 80.1 Å². The first-order valence-electron chi connectivity index (χ1n) is 13.2. The number of carbonyl (C=O) groups excluding carboxylic acids is 1. The number of anilines is 1. The molecule has 1 amide bonds. The van der Waals surface area contributed by atoms with Crippen LogP contribution in [0.1, 0.15) is 35.9 Å². The van der Waals surface area contributed by atoms with Gasteiger partial charge in [0, 0.05) is 23.2 Å². The maximum atomic E-state index is 15.3. The molecule has 1 fully saturated rings. The Morgan fingerprint density at radius 3 is 2.50 bits per heavy atom. The molecule has 7 nitrogen and oxygen atoms in total. The van der Waals surface area contributed by atoms with Crippen molar-refractivity contribution in [1.29, 1.82) is 0 Å². The number of thiazole rings is 1. The Bertz CT molecular complexity index is 1700. The molecule has 3 aromatic carbocycles. The summed E-state index contributed by atoms with van der Waals surface area (Å²) in [7, 11) is 2.14. The van der Waals surface area contributed by atoms with E-state index in [4.69, 9.17) is 0 Å². The van der Waals surface area contributed by atoms with Gasteiger partial charge in [-0.25, -0.2) is 14.4 Å². The van der Waals surface area contributed by atoms with E-state index < -0.39 is 23.3 Å². The lowest BCUT2D eigenvalue weighted by molar-refractivity contribution is -0.118. The van der Waals surface area contributed by atoms with Crippen LogP contribution in [0.3, 0.4) is 0 Å². The number of carbonyl (C=O) groups is 1. The van der Waals surface area contributed by atoms with Crippen molar-refractivity contribution in [3.05, 3.63) is 112 Å². The number of nitrogens with one attached hydrogen (secondary N) is 1. The quantitative estimate of drug-likeness (QED) is 0.292. The van der Waals surface area contributed by atoms with Crippen molar-refractivity contribution in [2.75, 3.05) is 25.5 Å². The second kappa shape index (κ2) is 11.1. The summed E-state index contributed by atoms with van der Waals surface area (Å²) in [5.74, 6) is -0.380. The van der Waals surface area contributed by atoms with E-state index in [0.29, 0.717) is 27.7 Å². The molecule has 9 heteroatoms. The predicted molar refractivity (Wildman–Crippen MR) is 156 cm³/mol. The number of aromatic nitrogens is 3. The first-order chi connectivity index (χ1) is 19.5. The molecule has 0 bridgehead atoms. The molecular formula is C31H28FN5O2S. The van der Waals surface area contributed by atoms with E-state index in [1.165, 1.54) is 33.9 Å². The highest BCUT2D eigenvalue weighted by Crippen LogP contribution is 2.31. The van der Waals surface area contributed by atoms with E-state index in [-0.39, 0.29) is 10.9 Å². The fourth-order valence-corrected chi connectivity index (χ4v) is 5.90. The molecule has 0 aliphatic carbocycles. The van der Waals surface area contributed by atoms with E-state index in [1.807, 2.05) is 18.2 Å². The largest absolute Gasteiger partial charge is 0.306 e. The highest BCUT2D eigenvalue weighted by molar-refractivity contribution is 7.13. The predicted octanol–water partition coefficient (Wildman–Crippen LogP) is 5.70. The molecule has 2 aromatic heterocycles. The van der Waals surface area contributed by atoms with Crippen LogP contribution in [0.4, 0.5) is 9.52 Å². The Morgan fingerprint density at radius 2 is 1.80 bits per heavy atom. The third-order valence-electron chi connectivity index (χ3n) is 7.59. The van der Waals surface area contributed by atoms with Gasteiger partial charge in [0.15, 0.2) is 5.13 Å². The minimum absolute atomic E-state index is 0.234. The van der Waals surface area contributed by atoms with Crippen molar-refractivity contribution in [3.63, 3.8) is 0 Å². The summed E-state index contributed by atoms with van der Waals surface area (Å²) >= 11 is 1.29. The van der Waals surface area contributed by atoms with Crippen LogP contribution in [0.25, 0.3) is 22.0 Å². The van der Waals surface area contributed by atoms with Crippen molar-refractivity contribution in [2.24, 2.45) is 0 Å². The minimum Gasteiger partial charge on any atom is -0.306 e. The Hall–Kier alpha value is -4.21. The maximum absolute atomic E-state index is 15.3. The summed E-state index contributed by atoms with van der Waals surface area (Å²) in [6.07, 6.45) is 5.10. The number of nitrogens with zero attached hydrogens (tertiary/aromatic N) is 4. The average molecular weight is 554 g/mol. The van der Waals surface area contributed by atoms with Crippen LogP contribution < -0.4 is 10.9 Å². The molecule has 1 atom stereocenters. The van der Waals surface area contributed by atoms with E-state index in [2.05, 4.69) is 39.4 Å². The van der Waals surface area contributed by atoms with Gasteiger partial charge in [0.1, 0.15) is 11.9 Å². The van der Waals surface area contributed by atoms with Crippen LogP contribution in [0.15, 0.2) is 89.4 Å². The molecule has 1 unspecified atom stereocenters. The molecule has 202 valence electrons. The van der Waals surface area contributed by atoms with Crippen LogP contribution >= 0.6 is 11.3 Å². The second-order valence-corrected chi connectivity index (χ2v) is 11.0. The summed E-state index contributed by atoms with van der Waals surface area (Å²) in [4.78, 5) is 38.1. The van der Waals surface area contributed by atoms with E-state index in [9.17, 15) is 9.59 Å². The van der Waals surface area contributed by atoms with Crippen LogP contribution in [-0.2, 0) is 4.79 Å². The minimum atomic E-state index is -0.989. The highest BCUT2D eigenvalue weighted by atomic mass is 32.1. The number of amides is 1. The Morgan fingerprint density at radius 1 is 1.05 bits per heavy atom. The molecule has 3 heterocycles. The van der Waals surface area contributed by atoms with E-state index >= 15 is 4.39 Å². The van der Waals surface area contributed by atoms with E-state index in [1.54, 1.807) is 41.9 Å². The van der Waals surface area contributed by atoms with Crippen LogP contribution in [0.5, 0.6) is 0 Å². The molecule has 0 radical (unpaired) electrons. The molecule has 1 N–H and O–H groups in total. The number of benzene rings is 3. The normalized spacial score (nSPS) is 15.2. The highest BCUT2D eigenvalue weighted by Gasteiger charge is 2.26. The zero-order valence-electron chi connectivity index (χ0n) is 22.0. The number of fused-ring (bicyclic) bond motifs is 1. The Balaban J connectivity index is 1.38. The standard InChI is InChI=1S/C31H28FN5O2S/c1-36-14-11-21(12-15-36)20-7-9-22(10-8-20)24-17-25-27(18-26(24)32)34-19-37(30(25)39)28(23-5-3-2-4-6-23)29(38)35-31-33-13-16-40-31/h2-10,13,16-19,21,28H,11-12,14-15H2,1H3,(H,33,35,38). The van der Waals surface area contributed by atoms with Gasteiger partial charge in [0.2, 0.25) is 0 Å². The summed E-state index contributed by atoms with van der Waals surface area (Å²) in [6, 6.07) is 18.8. The number of halogens is 1. The van der Waals surface area contributed by atoms with Gasteiger partial charge in [-0.3, -0.25) is 19.5 Å². The van der Waals surface area contributed by atoms with E-state index in [0.717, 1.165) is 25.9 Å². The summed E-state index contributed by atoms with van der Waals surface area (Å²) in [5, 5.41) is 5.22. The number of hydrogen-bond donors (Lipinski definition) is 1. The second-order valence-electron chi connectivity index (χ2n) is 10.1.